The van der Waals surface area contributed by atoms with Crippen LogP contribution in [0.15, 0.2) is 24.3 Å². The van der Waals surface area contributed by atoms with E-state index in [1.165, 1.54) is 0 Å². The van der Waals surface area contributed by atoms with E-state index >= 15 is 0 Å². The summed E-state index contributed by atoms with van der Waals surface area (Å²) in [5.41, 5.74) is 0.655. The lowest BCUT2D eigenvalue weighted by atomic mass is 10.0. The van der Waals surface area contributed by atoms with Gasteiger partial charge in [-0.05, 0) is 19.4 Å². The summed E-state index contributed by atoms with van der Waals surface area (Å²) in [5.74, 6) is -0.300. The van der Waals surface area contributed by atoms with Gasteiger partial charge in [-0.1, -0.05) is 25.1 Å². The van der Waals surface area contributed by atoms with E-state index in [-0.39, 0.29) is 6.04 Å². The molecule has 0 fully saturated rings. The lowest BCUT2D eigenvalue weighted by Crippen LogP contribution is -2.35. The summed E-state index contributed by atoms with van der Waals surface area (Å²) in [6.45, 7) is 3.98. The van der Waals surface area contributed by atoms with E-state index in [0.717, 1.165) is 6.42 Å². The maximum atomic E-state index is 11.3. The zero-order valence-electron chi connectivity index (χ0n) is 10.4. The van der Waals surface area contributed by atoms with Gasteiger partial charge in [-0.3, -0.25) is 10.1 Å². The van der Waals surface area contributed by atoms with Crippen molar-refractivity contribution in [1.29, 1.82) is 0 Å². The summed E-state index contributed by atoms with van der Waals surface area (Å²) >= 11 is 0. The van der Waals surface area contributed by atoms with Crippen molar-refractivity contribution in [1.82, 2.24) is 5.32 Å². The Morgan fingerprint density at radius 2 is 2.12 bits per heavy atom. The predicted molar refractivity (Wildman–Crippen MR) is 66.3 cm³/mol. The molecule has 4 nitrogen and oxygen atoms in total. The predicted octanol–water partition coefficient (Wildman–Crippen LogP) is 2.21. The number of aliphatic carboxylic acids is 1. The quantitative estimate of drug-likeness (QED) is 0.796. The number of nitrogens with one attached hydrogen (secondary N) is 1. The Kier molecular flexibility index (Phi) is 4.97. The van der Waals surface area contributed by atoms with Gasteiger partial charge in [0.2, 0.25) is 0 Å². The first-order valence-corrected chi connectivity index (χ1v) is 5.71. The first-order valence-electron chi connectivity index (χ1n) is 5.71. The van der Waals surface area contributed by atoms with Crippen LogP contribution >= 0.6 is 0 Å². The summed E-state index contributed by atoms with van der Waals surface area (Å²) in [4.78, 5) is 11.3. The van der Waals surface area contributed by atoms with Crippen molar-refractivity contribution in [2.75, 3.05) is 7.11 Å². The highest BCUT2D eigenvalue weighted by Crippen LogP contribution is 2.25. The van der Waals surface area contributed by atoms with Gasteiger partial charge < -0.3 is 9.84 Å². The highest BCUT2D eigenvalue weighted by molar-refractivity contribution is 5.76. The van der Waals surface area contributed by atoms with Crippen LogP contribution < -0.4 is 10.1 Å². The van der Waals surface area contributed by atoms with Crippen molar-refractivity contribution in [3.63, 3.8) is 0 Å². The minimum Gasteiger partial charge on any atom is -0.496 e. The molecule has 0 amide bonds. The standard InChI is InChI=1S/C13H19NO3/c1-4-9(2)14-12(13(15)16)10-7-5-6-8-11(10)17-3/h5-9,12,14H,4H2,1-3H3,(H,15,16). The Bertz CT molecular complexity index is 379. The van der Waals surface area contributed by atoms with E-state index in [2.05, 4.69) is 5.32 Å². The Morgan fingerprint density at radius 1 is 1.47 bits per heavy atom. The van der Waals surface area contributed by atoms with Crippen molar-refractivity contribution in [2.45, 2.75) is 32.4 Å². The fraction of sp³-hybridized carbons (Fsp3) is 0.462. The van der Waals surface area contributed by atoms with Crippen molar-refractivity contribution < 1.29 is 14.6 Å². The van der Waals surface area contributed by atoms with Crippen LogP contribution in [0, 0.1) is 0 Å². The van der Waals surface area contributed by atoms with Crippen LogP contribution in [0.1, 0.15) is 31.9 Å². The first kappa shape index (κ1) is 13.5. The van der Waals surface area contributed by atoms with Crippen molar-refractivity contribution in [2.24, 2.45) is 0 Å². The number of methoxy groups -OCH3 is 1. The van der Waals surface area contributed by atoms with Gasteiger partial charge in [0.15, 0.2) is 0 Å². The molecule has 0 aliphatic heterocycles. The second kappa shape index (κ2) is 6.25. The van der Waals surface area contributed by atoms with E-state index in [1.807, 2.05) is 26.0 Å². The van der Waals surface area contributed by atoms with Crippen LogP contribution in [0.5, 0.6) is 5.75 Å². The minimum atomic E-state index is -0.894. The number of rotatable bonds is 6. The fourth-order valence-corrected chi connectivity index (χ4v) is 1.60. The van der Waals surface area contributed by atoms with Gasteiger partial charge in [-0.15, -0.1) is 0 Å². The molecular formula is C13H19NO3. The molecule has 0 bridgehead atoms. The highest BCUT2D eigenvalue weighted by Gasteiger charge is 2.23. The molecule has 4 heteroatoms. The zero-order chi connectivity index (χ0) is 12.8. The van der Waals surface area contributed by atoms with Crippen LogP contribution in [-0.4, -0.2) is 24.2 Å². The molecule has 2 unspecified atom stereocenters. The Hall–Kier alpha value is -1.55. The van der Waals surface area contributed by atoms with Crippen LogP contribution in [0.4, 0.5) is 0 Å². The highest BCUT2D eigenvalue weighted by atomic mass is 16.5. The lowest BCUT2D eigenvalue weighted by molar-refractivity contribution is -0.139. The van der Waals surface area contributed by atoms with E-state index in [1.54, 1.807) is 19.2 Å². The molecule has 2 N–H and O–H groups in total. The third-order valence-corrected chi connectivity index (χ3v) is 2.76. The SMILES string of the molecule is CCC(C)NC(C(=O)O)c1ccccc1OC. The molecule has 0 aromatic heterocycles. The monoisotopic (exact) mass is 237 g/mol. The normalized spacial score (nSPS) is 14.1. The van der Waals surface area contributed by atoms with Gasteiger partial charge in [0.1, 0.15) is 11.8 Å². The molecular weight excluding hydrogens is 218 g/mol. The average molecular weight is 237 g/mol. The Morgan fingerprint density at radius 3 is 2.65 bits per heavy atom. The summed E-state index contributed by atoms with van der Waals surface area (Å²) in [5, 5.41) is 12.4. The number of ether oxygens (including phenoxy) is 1. The molecule has 1 aromatic carbocycles. The van der Waals surface area contributed by atoms with Gasteiger partial charge >= 0.3 is 5.97 Å². The largest absolute Gasteiger partial charge is 0.496 e. The second-order valence-electron chi connectivity index (χ2n) is 3.99. The molecule has 0 aliphatic rings. The summed E-state index contributed by atoms with van der Waals surface area (Å²) < 4.78 is 5.19. The van der Waals surface area contributed by atoms with Crippen molar-refractivity contribution in [3.05, 3.63) is 29.8 Å². The molecule has 1 rings (SSSR count). The maximum Gasteiger partial charge on any atom is 0.325 e. The topological polar surface area (TPSA) is 58.6 Å². The third kappa shape index (κ3) is 3.46. The molecule has 0 saturated heterocycles. The van der Waals surface area contributed by atoms with Crippen molar-refractivity contribution >= 4 is 5.97 Å². The van der Waals surface area contributed by atoms with Crippen LogP contribution in [0.2, 0.25) is 0 Å². The molecule has 0 radical (unpaired) electrons. The van der Waals surface area contributed by atoms with Gasteiger partial charge in [0.05, 0.1) is 7.11 Å². The Balaban J connectivity index is 3.01. The van der Waals surface area contributed by atoms with Gasteiger partial charge in [-0.2, -0.15) is 0 Å². The number of benzene rings is 1. The van der Waals surface area contributed by atoms with E-state index in [0.29, 0.717) is 11.3 Å². The molecule has 0 saturated carbocycles. The molecule has 94 valence electrons. The van der Waals surface area contributed by atoms with Gasteiger partial charge in [0.25, 0.3) is 0 Å². The van der Waals surface area contributed by atoms with Crippen LogP contribution in [0.25, 0.3) is 0 Å². The second-order valence-corrected chi connectivity index (χ2v) is 3.99. The van der Waals surface area contributed by atoms with E-state index in [9.17, 15) is 9.90 Å². The number of carboxylic acid groups (broad SMARTS) is 1. The van der Waals surface area contributed by atoms with Crippen molar-refractivity contribution in [3.8, 4) is 5.75 Å². The number of hydrogen-bond donors (Lipinski definition) is 2. The molecule has 1 aromatic rings. The fourth-order valence-electron chi connectivity index (χ4n) is 1.60. The molecule has 0 spiro atoms. The third-order valence-electron chi connectivity index (χ3n) is 2.76. The Labute approximate surface area is 102 Å². The zero-order valence-corrected chi connectivity index (χ0v) is 10.4. The van der Waals surface area contributed by atoms with Crippen LogP contribution in [0.3, 0.4) is 0 Å². The number of para-hydroxylation sites is 1. The maximum absolute atomic E-state index is 11.3. The molecule has 2 atom stereocenters. The van der Waals surface area contributed by atoms with Crippen LogP contribution in [-0.2, 0) is 4.79 Å². The number of carboxylic acids is 1. The smallest absolute Gasteiger partial charge is 0.325 e. The summed E-state index contributed by atoms with van der Waals surface area (Å²) in [7, 11) is 1.54. The van der Waals surface area contributed by atoms with Gasteiger partial charge in [0, 0.05) is 11.6 Å². The van der Waals surface area contributed by atoms with E-state index < -0.39 is 12.0 Å². The average Bonchev–Trinajstić information content (AvgIpc) is 2.35. The number of carbonyl (C=O) groups is 1. The lowest BCUT2D eigenvalue weighted by Gasteiger charge is -2.21. The molecule has 0 aliphatic carbocycles. The molecule has 0 heterocycles. The first-order chi connectivity index (χ1) is 8.10. The minimum absolute atomic E-state index is 0.140. The van der Waals surface area contributed by atoms with E-state index in [4.69, 9.17) is 4.74 Å². The molecule has 17 heavy (non-hydrogen) atoms. The summed E-state index contributed by atoms with van der Waals surface area (Å²) in [6.07, 6.45) is 0.874. The van der Waals surface area contributed by atoms with Gasteiger partial charge in [-0.25, -0.2) is 0 Å². The number of hydrogen-bond acceptors (Lipinski definition) is 3. The summed E-state index contributed by atoms with van der Waals surface area (Å²) in [6, 6.07) is 6.58.